The molecule has 3 heterocycles. The number of pyridine rings is 1. The van der Waals surface area contributed by atoms with Crippen molar-refractivity contribution in [1.29, 1.82) is 0 Å². The molecule has 0 radical (unpaired) electrons. The summed E-state index contributed by atoms with van der Waals surface area (Å²) < 4.78 is 6.10. The van der Waals surface area contributed by atoms with Crippen LogP contribution < -0.4 is 16.2 Å². The highest BCUT2D eigenvalue weighted by molar-refractivity contribution is 6.30. The molecule has 2 amide bonds. The highest BCUT2D eigenvalue weighted by Gasteiger charge is 2.35. The van der Waals surface area contributed by atoms with Gasteiger partial charge in [0.2, 0.25) is 0 Å². The minimum Gasteiger partial charge on any atom is -0.466 e. The zero-order chi connectivity index (χ0) is 18.3. The van der Waals surface area contributed by atoms with Crippen molar-refractivity contribution in [2.45, 2.75) is 19.9 Å². The minimum atomic E-state index is -1.06. The Morgan fingerprint density at radius 3 is 2.76 bits per heavy atom. The number of hydrogen-bond acceptors (Lipinski definition) is 5. The number of ether oxygens (including phenoxy) is 1. The second-order valence-corrected chi connectivity index (χ2v) is 5.93. The molecule has 2 aromatic heterocycles. The molecule has 0 unspecified atom stereocenters. The number of aromatic nitrogens is 2. The van der Waals surface area contributed by atoms with Gasteiger partial charge in [-0.2, -0.15) is 0 Å². The van der Waals surface area contributed by atoms with Gasteiger partial charge in [0, 0.05) is 11.9 Å². The van der Waals surface area contributed by atoms with Gasteiger partial charge in [0.25, 0.3) is 5.56 Å². The number of rotatable bonds is 2. The van der Waals surface area contributed by atoms with Crippen LogP contribution in [0.5, 0.6) is 0 Å². The van der Waals surface area contributed by atoms with Gasteiger partial charge >= 0.3 is 12.0 Å². The van der Waals surface area contributed by atoms with E-state index in [1.54, 1.807) is 32.2 Å². The normalized spacial score (nSPS) is 17.3. The number of carbonyl (C=O) groups is 2. The standard InChI is InChI=1S/C16H15ClN4O4/c1-7-5-4-6-21-13(7)20-12(17)10(14(21)22)11-9(15(23)25-3)8(2)18-16(24)19-11/h4-6,11H,1-3H3,(H2,18,19,24)/t11-/m0/s1. The van der Waals surface area contributed by atoms with Gasteiger partial charge in [-0.3, -0.25) is 9.20 Å². The molecule has 8 nitrogen and oxygen atoms in total. The van der Waals surface area contributed by atoms with E-state index in [9.17, 15) is 14.4 Å². The summed E-state index contributed by atoms with van der Waals surface area (Å²) in [6.07, 6.45) is 1.55. The van der Waals surface area contributed by atoms with E-state index in [0.29, 0.717) is 5.65 Å². The molecule has 0 bridgehead atoms. The molecule has 0 saturated heterocycles. The van der Waals surface area contributed by atoms with E-state index < -0.39 is 23.6 Å². The van der Waals surface area contributed by atoms with Crippen LogP contribution >= 0.6 is 11.6 Å². The van der Waals surface area contributed by atoms with Crippen molar-refractivity contribution in [2.75, 3.05) is 7.11 Å². The van der Waals surface area contributed by atoms with E-state index in [1.165, 1.54) is 11.5 Å². The van der Waals surface area contributed by atoms with Crippen molar-refractivity contribution in [3.8, 4) is 0 Å². The zero-order valence-electron chi connectivity index (χ0n) is 13.7. The monoisotopic (exact) mass is 362 g/mol. The molecule has 25 heavy (non-hydrogen) atoms. The molecule has 2 N–H and O–H groups in total. The number of aryl methyl sites for hydroxylation is 1. The Balaban J connectivity index is 2.31. The Morgan fingerprint density at radius 2 is 2.08 bits per heavy atom. The van der Waals surface area contributed by atoms with Crippen molar-refractivity contribution in [3.05, 3.63) is 56.2 Å². The Hall–Kier alpha value is -2.87. The summed E-state index contributed by atoms with van der Waals surface area (Å²) in [5.74, 6) is -0.681. The molecule has 1 aliphatic rings. The number of methoxy groups -OCH3 is 1. The summed E-state index contributed by atoms with van der Waals surface area (Å²) in [6, 6.07) is 1.88. The average molecular weight is 363 g/mol. The van der Waals surface area contributed by atoms with Gasteiger partial charge in [-0.1, -0.05) is 17.7 Å². The van der Waals surface area contributed by atoms with Crippen LogP contribution in [-0.2, 0) is 9.53 Å². The summed E-state index contributed by atoms with van der Waals surface area (Å²) in [7, 11) is 1.21. The second kappa shape index (κ2) is 6.21. The van der Waals surface area contributed by atoms with Gasteiger partial charge < -0.3 is 15.4 Å². The van der Waals surface area contributed by atoms with Crippen LogP contribution in [0.4, 0.5) is 4.79 Å². The largest absolute Gasteiger partial charge is 0.466 e. The molecule has 1 aliphatic heterocycles. The molecule has 9 heteroatoms. The van der Waals surface area contributed by atoms with Gasteiger partial charge in [-0.15, -0.1) is 0 Å². The molecule has 0 spiro atoms. The maximum Gasteiger partial charge on any atom is 0.337 e. The first-order chi connectivity index (χ1) is 11.8. The van der Waals surface area contributed by atoms with E-state index in [4.69, 9.17) is 16.3 Å². The Morgan fingerprint density at radius 1 is 1.36 bits per heavy atom. The summed E-state index contributed by atoms with van der Waals surface area (Å²) in [4.78, 5) is 41.3. The number of nitrogens with zero attached hydrogens (tertiary/aromatic N) is 2. The smallest absolute Gasteiger partial charge is 0.337 e. The molecular formula is C16H15ClN4O4. The summed E-state index contributed by atoms with van der Waals surface area (Å²) in [5.41, 5.74) is 1.07. The highest BCUT2D eigenvalue weighted by atomic mass is 35.5. The van der Waals surface area contributed by atoms with Gasteiger partial charge in [0.1, 0.15) is 10.8 Å². The number of amides is 2. The van der Waals surface area contributed by atoms with Crippen molar-refractivity contribution in [3.63, 3.8) is 0 Å². The first-order valence-corrected chi connectivity index (χ1v) is 7.77. The molecule has 0 saturated carbocycles. The maximum absolute atomic E-state index is 13.0. The molecule has 0 fully saturated rings. The summed E-state index contributed by atoms with van der Waals surface area (Å²) >= 11 is 6.25. The number of urea groups is 1. The number of esters is 1. The molecule has 2 aromatic rings. The van der Waals surface area contributed by atoms with Crippen molar-refractivity contribution in [2.24, 2.45) is 0 Å². The molecule has 130 valence electrons. The van der Waals surface area contributed by atoms with Crippen LogP contribution in [0, 0.1) is 6.92 Å². The number of halogens is 1. The van der Waals surface area contributed by atoms with Crippen molar-refractivity contribution < 1.29 is 14.3 Å². The van der Waals surface area contributed by atoms with E-state index in [-0.39, 0.29) is 22.0 Å². The fraction of sp³-hybridized carbons (Fsp3) is 0.250. The number of hydrogen-bond donors (Lipinski definition) is 2. The third-order valence-electron chi connectivity index (χ3n) is 4.00. The number of allylic oxidation sites excluding steroid dienone is 1. The summed E-state index contributed by atoms with van der Waals surface area (Å²) in [5, 5.41) is 4.95. The van der Waals surface area contributed by atoms with Crippen LogP contribution in [0.1, 0.15) is 24.1 Å². The van der Waals surface area contributed by atoms with Crippen LogP contribution in [0.2, 0.25) is 5.15 Å². The van der Waals surface area contributed by atoms with Gasteiger partial charge in [-0.05, 0) is 25.5 Å². The number of carbonyl (C=O) groups excluding carboxylic acids is 2. The van der Waals surface area contributed by atoms with Crippen LogP contribution in [-0.4, -0.2) is 28.5 Å². The second-order valence-electron chi connectivity index (χ2n) is 5.57. The number of fused-ring (bicyclic) bond motifs is 1. The quantitative estimate of drug-likeness (QED) is 0.622. The molecule has 1 atom stereocenters. The fourth-order valence-corrected chi connectivity index (χ4v) is 3.09. The highest BCUT2D eigenvalue weighted by Crippen LogP contribution is 2.29. The first-order valence-electron chi connectivity index (χ1n) is 7.39. The van der Waals surface area contributed by atoms with Crippen LogP contribution in [0.3, 0.4) is 0 Å². The lowest BCUT2D eigenvalue weighted by atomic mass is 9.97. The van der Waals surface area contributed by atoms with E-state index in [1.807, 2.05) is 0 Å². The third-order valence-corrected chi connectivity index (χ3v) is 4.29. The molecule has 0 aliphatic carbocycles. The number of nitrogens with one attached hydrogen (secondary N) is 2. The topological polar surface area (TPSA) is 102 Å². The van der Waals surface area contributed by atoms with E-state index in [2.05, 4.69) is 15.6 Å². The minimum absolute atomic E-state index is 0.000586. The van der Waals surface area contributed by atoms with E-state index in [0.717, 1.165) is 5.56 Å². The predicted molar refractivity (Wildman–Crippen MR) is 90.3 cm³/mol. The predicted octanol–water partition coefficient (Wildman–Crippen LogP) is 1.46. The van der Waals surface area contributed by atoms with Crippen molar-refractivity contribution in [1.82, 2.24) is 20.0 Å². The van der Waals surface area contributed by atoms with E-state index >= 15 is 0 Å². The molecular weight excluding hydrogens is 348 g/mol. The van der Waals surface area contributed by atoms with Gasteiger partial charge in [-0.25, -0.2) is 14.6 Å². The first kappa shape index (κ1) is 17.0. The summed E-state index contributed by atoms with van der Waals surface area (Å²) in [6.45, 7) is 3.34. The maximum atomic E-state index is 13.0. The SMILES string of the molecule is COC(=O)C1=C(C)NC(=O)N[C@@H]1c1c(Cl)nc2c(C)cccn2c1=O. The Kier molecular flexibility index (Phi) is 4.22. The lowest BCUT2D eigenvalue weighted by molar-refractivity contribution is -0.136. The Labute approximate surface area is 147 Å². The Bertz CT molecular complexity index is 996. The van der Waals surface area contributed by atoms with Crippen LogP contribution in [0.25, 0.3) is 5.65 Å². The average Bonchev–Trinajstić information content (AvgIpc) is 2.55. The van der Waals surface area contributed by atoms with Gasteiger partial charge in [0.15, 0.2) is 0 Å². The molecule has 0 aromatic carbocycles. The molecule has 3 rings (SSSR count). The lowest BCUT2D eigenvalue weighted by Gasteiger charge is -2.27. The van der Waals surface area contributed by atoms with Crippen molar-refractivity contribution >= 4 is 29.2 Å². The fourth-order valence-electron chi connectivity index (χ4n) is 2.82. The third kappa shape index (κ3) is 2.74. The lowest BCUT2D eigenvalue weighted by Crippen LogP contribution is -2.47. The zero-order valence-corrected chi connectivity index (χ0v) is 14.5. The van der Waals surface area contributed by atoms with Crippen LogP contribution in [0.15, 0.2) is 34.4 Å². The van der Waals surface area contributed by atoms with Gasteiger partial charge in [0.05, 0.1) is 24.3 Å².